The quantitative estimate of drug-likeness (QED) is 0.640. The largest absolute Gasteiger partial charge is 0.495 e. The van der Waals surface area contributed by atoms with Crippen molar-refractivity contribution in [1.82, 2.24) is 10.6 Å². The standard InChI is InChI=1S/C22H23F4N3O3/c1-32-19-7-3-2-6-18(19)29-12-4-5-16(20(29)30)27-21(31)28-17(13-22(24,25)26)14-8-10-15(23)11-9-14/h2-3,6-11,16-17H,4-5,12-13H2,1H3,(H2,27,28,31). The van der Waals surface area contributed by atoms with Gasteiger partial charge in [0, 0.05) is 6.54 Å². The van der Waals surface area contributed by atoms with Gasteiger partial charge in [-0.3, -0.25) is 4.79 Å². The second kappa shape index (κ2) is 9.88. The highest BCUT2D eigenvalue weighted by Gasteiger charge is 2.35. The van der Waals surface area contributed by atoms with Gasteiger partial charge in [-0.2, -0.15) is 13.2 Å². The van der Waals surface area contributed by atoms with E-state index in [1.54, 1.807) is 24.3 Å². The van der Waals surface area contributed by atoms with Gasteiger partial charge in [0.15, 0.2) is 0 Å². The van der Waals surface area contributed by atoms with Crippen LogP contribution in [0.5, 0.6) is 5.75 Å². The maximum absolute atomic E-state index is 13.2. The molecule has 0 bridgehead atoms. The van der Waals surface area contributed by atoms with Crippen molar-refractivity contribution in [2.75, 3.05) is 18.6 Å². The molecule has 1 aliphatic rings. The number of anilines is 1. The molecular weight excluding hydrogens is 430 g/mol. The molecule has 2 N–H and O–H groups in total. The Hall–Kier alpha value is -3.30. The van der Waals surface area contributed by atoms with E-state index < -0.39 is 36.5 Å². The van der Waals surface area contributed by atoms with Gasteiger partial charge in [-0.05, 0) is 42.7 Å². The lowest BCUT2D eigenvalue weighted by atomic mass is 10.0. The first-order chi connectivity index (χ1) is 15.2. The fraction of sp³-hybridized carbons (Fsp3) is 0.364. The van der Waals surface area contributed by atoms with E-state index in [4.69, 9.17) is 4.74 Å². The number of ether oxygens (including phenoxy) is 1. The molecule has 2 aromatic carbocycles. The molecular formula is C22H23F4N3O3. The Morgan fingerprint density at radius 2 is 1.88 bits per heavy atom. The number of nitrogens with zero attached hydrogens (tertiary/aromatic N) is 1. The Labute approximate surface area is 182 Å². The van der Waals surface area contributed by atoms with Crippen LogP contribution < -0.4 is 20.3 Å². The number of hydrogen-bond acceptors (Lipinski definition) is 3. The van der Waals surface area contributed by atoms with E-state index in [-0.39, 0.29) is 11.5 Å². The number of hydrogen-bond donors (Lipinski definition) is 2. The van der Waals surface area contributed by atoms with E-state index in [1.165, 1.54) is 24.1 Å². The highest BCUT2D eigenvalue weighted by molar-refractivity contribution is 6.00. The van der Waals surface area contributed by atoms with Gasteiger partial charge in [0.05, 0.1) is 25.3 Å². The first kappa shape index (κ1) is 23.4. The zero-order valence-electron chi connectivity index (χ0n) is 17.3. The molecule has 0 aliphatic carbocycles. The van der Waals surface area contributed by atoms with Gasteiger partial charge in [-0.1, -0.05) is 24.3 Å². The Morgan fingerprint density at radius 3 is 2.53 bits per heavy atom. The highest BCUT2D eigenvalue weighted by atomic mass is 19.4. The molecule has 2 aromatic rings. The number of benzene rings is 2. The van der Waals surface area contributed by atoms with Crippen LogP contribution in [-0.2, 0) is 4.79 Å². The number of carbonyl (C=O) groups is 2. The van der Waals surface area contributed by atoms with Gasteiger partial charge in [-0.15, -0.1) is 0 Å². The van der Waals surface area contributed by atoms with E-state index in [1.807, 2.05) is 0 Å². The number of alkyl halides is 3. The molecule has 0 aromatic heterocycles. The Balaban J connectivity index is 1.71. The van der Waals surface area contributed by atoms with Crippen LogP contribution in [-0.4, -0.2) is 37.8 Å². The average Bonchev–Trinajstić information content (AvgIpc) is 2.74. The number of amides is 3. The van der Waals surface area contributed by atoms with Crippen LogP contribution in [0.1, 0.15) is 30.9 Å². The van der Waals surface area contributed by atoms with Crippen molar-refractivity contribution >= 4 is 17.6 Å². The first-order valence-electron chi connectivity index (χ1n) is 10.0. The van der Waals surface area contributed by atoms with Crippen LogP contribution in [0.15, 0.2) is 48.5 Å². The summed E-state index contributed by atoms with van der Waals surface area (Å²) in [6.45, 7) is 0.422. The second-order valence-electron chi connectivity index (χ2n) is 7.40. The molecule has 32 heavy (non-hydrogen) atoms. The van der Waals surface area contributed by atoms with Crippen molar-refractivity contribution in [2.24, 2.45) is 0 Å². The van der Waals surface area contributed by atoms with Crippen molar-refractivity contribution in [2.45, 2.75) is 37.5 Å². The molecule has 2 atom stereocenters. The van der Waals surface area contributed by atoms with Gasteiger partial charge in [0.1, 0.15) is 17.6 Å². The molecule has 0 saturated carbocycles. The third-order valence-corrected chi connectivity index (χ3v) is 5.13. The Bertz CT molecular complexity index is 950. The van der Waals surface area contributed by atoms with Crippen molar-refractivity contribution in [3.05, 3.63) is 59.9 Å². The first-order valence-corrected chi connectivity index (χ1v) is 10.0. The number of para-hydroxylation sites is 2. The lowest BCUT2D eigenvalue weighted by Crippen LogP contribution is -2.55. The van der Waals surface area contributed by atoms with Crippen LogP contribution in [0, 0.1) is 5.82 Å². The van der Waals surface area contributed by atoms with Gasteiger partial charge in [0.2, 0.25) is 5.91 Å². The summed E-state index contributed by atoms with van der Waals surface area (Å²) in [5.74, 6) is -0.495. The van der Waals surface area contributed by atoms with Crippen molar-refractivity contribution in [1.29, 1.82) is 0 Å². The third kappa shape index (κ3) is 5.89. The van der Waals surface area contributed by atoms with Crippen molar-refractivity contribution < 1.29 is 31.9 Å². The second-order valence-corrected chi connectivity index (χ2v) is 7.40. The minimum atomic E-state index is -4.56. The molecule has 1 saturated heterocycles. The summed E-state index contributed by atoms with van der Waals surface area (Å²) in [4.78, 5) is 26.9. The van der Waals surface area contributed by atoms with E-state index in [0.717, 1.165) is 12.1 Å². The molecule has 3 amide bonds. The normalized spacial score (nSPS) is 17.6. The van der Waals surface area contributed by atoms with Gasteiger partial charge >= 0.3 is 12.2 Å². The molecule has 10 heteroatoms. The lowest BCUT2D eigenvalue weighted by molar-refractivity contribution is -0.139. The molecule has 1 aliphatic heterocycles. The number of halogens is 4. The van der Waals surface area contributed by atoms with Gasteiger partial charge in [0.25, 0.3) is 0 Å². The summed E-state index contributed by atoms with van der Waals surface area (Å²) in [6, 6.07) is 8.08. The van der Waals surface area contributed by atoms with E-state index >= 15 is 0 Å². The lowest BCUT2D eigenvalue weighted by Gasteiger charge is -2.33. The molecule has 0 spiro atoms. The summed E-state index contributed by atoms with van der Waals surface area (Å²) in [5, 5.41) is 4.75. The van der Waals surface area contributed by atoms with E-state index in [2.05, 4.69) is 10.6 Å². The summed E-state index contributed by atoms with van der Waals surface area (Å²) in [5.41, 5.74) is 0.651. The summed E-state index contributed by atoms with van der Waals surface area (Å²) < 4.78 is 57.6. The number of piperidine rings is 1. The summed E-state index contributed by atoms with van der Waals surface area (Å²) in [7, 11) is 1.48. The fourth-order valence-corrected chi connectivity index (χ4v) is 3.64. The highest BCUT2D eigenvalue weighted by Crippen LogP contribution is 2.31. The van der Waals surface area contributed by atoms with Crippen LogP contribution >= 0.6 is 0 Å². The predicted molar refractivity (Wildman–Crippen MR) is 110 cm³/mol. The topological polar surface area (TPSA) is 70.7 Å². The average molecular weight is 453 g/mol. The molecule has 1 heterocycles. The SMILES string of the molecule is COc1ccccc1N1CCCC(NC(=O)NC(CC(F)(F)F)c2ccc(F)cc2)C1=O. The van der Waals surface area contributed by atoms with Crippen molar-refractivity contribution in [3.63, 3.8) is 0 Å². The third-order valence-electron chi connectivity index (χ3n) is 5.13. The van der Waals surface area contributed by atoms with Crippen LogP contribution in [0.2, 0.25) is 0 Å². The van der Waals surface area contributed by atoms with Gasteiger partial charge < -0.3 is 20.3 Å². The molecule has 2 unspecified atom stereocenters. The number of rotatable bonds is 6. The molecule has 6 nitrogen and oxygen atoms in total. The van der Waals surface area contributed by atoms with Crippen LogP contribution in [0.25, 0.3) is 0 Å². The Morgan fingerprint density at radius 1 is 1.19 bits per heavy atom. The predicted octanol–water partition coefficient (Wildman–Crippen LogP) is 4.32. The maximum atomic E-state index is 13.2. The van der Waals surface area contributed by atoms with Crippen LogP contribution in [0.4, 0.5) is 28.0 Å². The molecule has 0 radical (unpaired) electrons. The summed E-state index contributed by atoms with van der Waals surface area (Å²) >= 11 is 0. The van der Waals surface area contributed by atoms with E-state index in [0.29, 0.717) is 30.8 Å². The minimum absolute atomic E-state index is 0.101. The fourth-order valence-electron chi connectivity index (χ4n) is 3.64. The van der Waals surface area contributed by atoms with Crippen LogP contribution in [0.3, 0.4) is 0 Å². The number of nitrogens with one attached hydrogen (secondary N) is 2. The smallest absolute Gasteiger partial charge is 0.391 e. The molecule has 172 valence electrons. The van der Waals surface area contributed by atoms with Gasteiger partial charge in [-0.25, -0.2) is 9.18 Å². The number of urea groups is 1. The molecule has 3 rings (SSSR count). The maximum Gasteiger partial charge on any atom is 0.391 e. The minimum Gasteiger partial charge on any atom is -0.495 e. The van der Waals surface area contributed by atoms with E-state index in [9.17, 15) is 27.2 Å². The Kier molecular flexibility index (Phi) is 7.22. The number of carbonyl (C=O) groups excluding carboxylic acids is 2. The molecule has 1 fully saturated rings. The number of methoxy groups -OCH3 is 1. The van der Waals surface area contributed by atoms with Crippen molar-refractivity contribution in [3.8, 4) is 5.75 Å². The zero-order valence-corrected chi connectivity index (χ0v) is 17.3. The zero-order chi connectivity index (χ0) is 23.3. The monoisotopic (exact) mass is 453 g/mol. The summed E-state index contributed by atoms with van der Waals surface area (Å²) in [6.07, 6.45) is -4.97.